The van der Waals surface area contributed by atoms with E-state index in [0.29, 0.717) is 54.3 Å². The number of morpholine rings is 1. The van der Waals surface area contributed by atoms with Crippen LogP contribution in [0.1, 0.15) is 24.5 Å². The van der Waals surface area contributed by atoms with Gasteiger partial charge in [-0.2, -0.15) is 0 Å². The number of aryl methyl sites for hydroxylation is 1. The van der Waals surface area contributed by atoms with Crippen LogP contribution in [0.4, 0.5) is 5.69 Å². The molecule has 2 aromatic rings. The molecule has 0 radical (unpaired) electrons. The number of halogens is 1. The average Bonchev–Trinajstić information content (AvgIpc) is 3.14. The first kappa shape index (κ1) is 23.5. The minimum absolute atomic E-state index is 0.0447. The summed E-state index contributed by atoms with van der Waals surface area (Å²) in [4.78, 5) is 34.7. The zero-order valence-corrected chi connectivity index (χ0v) is 20.2. The van der Waals surface area contributed by atoms with Gasteiger partial charge in [0.05, 0.1) is 24.2 Å². The van der Waals surface area contributed by atoms with Gasteiger partial charge in [-0.3, -0.25) is 14.5 Å². The van der Waals surface area contributed by atoms with E-state index >= 15 is 0 Å². The van der Waals surface area contributed by atoms with Crippen molar-refractivity contribution in [3.8, 4) is 0 Å². The minimum atomic E-state index is -0.353. The molecule has 6 nitrogen and oxygen atoms in total. The number of hydrogen-bond donors (Lipinski definition) is 0. The van der Waals surface area contributed by atoms with Crippen molar-refractivity contribution in [2.24, 2.45) is 4.99 Å². The summed E-state index contributed by atoms with van der Waals surface area (Å²) >= 11 is 7.69. The molecule has 1 saturated heterocycles. The van der Waals surface area contributed by atoms with Gasteiger partial charge in [-0.25, -0.2) is 4.99 Å². The first-order valence-electron chi connectivity index (χ1n) is 11.0. The molecular formula is C25H26ClN3O3S. The molecule has 4 rings (SSSR count). The maximum absolute atomic E-state index is 13.4. The molecule has 2 aliphatic rings. The van der Waals surface area contributed by atoms with E-state index in [1.807, 2.05) is 61.2 Å². The van der Waals surface area contributed by atoms with Crippen LogP contribution >= 0.6 is 23.4 Å². The van der Waals surface area contributed by atoms with E-state index in [9.17, 15) is 9.59 Å². The predicted octanol–water partition coefficient (Wildman–Crippen LogP) is 4.76. The Kier molecular flexibility index (Phi) is 7.53. The lowest BCUT2D eigenvalue weighted by atomic mass is 10.2. The summed E-state index contributed by atoms with van der Waals surface area (Å²) in [5.74, 6) is -0.196. The van der Waals surface area contributed by atoms with Crippen LogP contribution in [0.3, 0.4) is 0 Å². The quantitative estimate of drug-likeness (QED) is 0.575. The highest BCUT2D eigenvalue weighted by Crippen LogP contribution is 2.34. The maximum Gasteiger partial charge on any atom is 0.283 e. The van der Waals surface area contributed by atoms with Gasteiger partial charge in [0, 0.05) is 18.1 Å². The van der Waals surface area contributed by atoms with Crippen LogP contribution in [0.5, 0.6) is 0 Å². The lowest BCUT2D eigenvalue weighted by Gasteiger charge is -2.30. The molecule has 8 heteroatoms. The number of carbonyl (C=O) groups is 2. The molecule has 172 valence electrons. The number of thioether (sulfide) groups is 1. The van der Waals surface area contributed by atoms with Crippen molar-refractivity contribution in [1.82, 2.24) is 4.90 Å². The standard InChI is InChI=1S/C25H26ClN3O3S/c1-3-22(24(31)28-11-13-32-14-12-28)33-25-27-21(15-18-7-5-4-6-8-18)23(30)29(25)19-10-9-17(2)20(26)16-19/h4-10,15-16,22H,3,11-14H2,1-2H3/b21-15-/t22-/m1/s1. The van der Waals surface area contributed by atoms with Crippen molar-refractivity contribution in [3.63, 3.8) is 0 Å². The Labute approximate surface area is 203 Å². The Hall–Kier alpha value is -2.61. The highest BCUT2D eigenvalue weighted by Gasteiger charge is 2.36. The SMILES string of the molecule is CC[C@@H](SC1=N/C(=C\c2ccccc2)C(=O)N1c1ccc(C)c(Cl)c1)C(=O)N1CCOCC1. The summed E-state index contributed by atoms with van der Waals surface area (Å²) in [7, 11) is 0. The Morgan fingerprint density at radius 2 is 1.94 bits per heavy atom. The van der Waals surface area contributed by atoms with Gasteiger partial charge in [0.1, 0.15) is 5.70 Å². The summed E-state index contributed by atoms with van der Waals surface area (Å²) in [6, 6.07) is 15.1. The molecule has 0 bridgehead atoms. The minimum Gasteiger partial charge on any atom is -0.378 e. The highest BCUT2D eigenvalue weighted by molar-refractivity contribution is 8.15. The highest BCUT2D eigenvalue weighted by atomic mass is 35.5. The molecule has 2 aromatic carbocycles. The van der Waals surface area contributed by atoms with Gasteiger partial charge >= 0.3 is 0 Å². The van der Waals surface area contributed by atoms with Gasteiger partial charge in [0.2, 0.25) is 5.91 Å². The third kappa shape index (κ3) is 5.32. The van der Waals surface area contributed by atoms with E-state index in [0.717, 1.165) is 11.1 Å². The maximum atomic E-state index is 13.4. The van der Waals surface area contributed by atoms with Gasteiger partial charge in [-0.1, -0.05) is 66.7 Å². The summed E-state index contributed by atoms with van der Waals surface area (Å²) < 4.78 is 5.38. The lowest BCUT2D eigenvalue weighted by Crippen LogP contribution is -2.45. The Morgan fingerprint density at radius 3 is 2.61 bits per heavy atom. The second-order valence-electron chi connectivity index (χ2n) is 7.86. The fourth-order valence-electron chi connectivity index (χ4n) is 3.65. The molecule has 2 heterocycles. The monoisotopic (exact) mass is 483 g/mol. The number of rotatable bonds is 5. The Morgan fingerprint density at radius 1 is 1.21 bits per heavy atom. The molecule has 0 aliphatic carbocycles. The first-order chi connectivity index (χ1) is 16.0. The molecule has 1 atom stereocenters. The normalized spacial score (nSPS) is 18.6. The van der Waals surface area contributed by atoms with Gasteiger partial charge in [0.25, 0.3) is 5.91 Å². The fraction of sp³-hybridized carbons (Fsp3) is 0.320. The third-order valence-corrected chi connectivity index (χ3v) is 7.27. The van der Waals surface area contributed by atoms with Crippen LogP contribution in [0.2, 0.25) is 5.02 Å². The molecular weight excluding hydrogens is 458 g/mol. The zero-order chi connectivity index (χ0) is 23.4. The number of carbonyl (C=O) groups excluding carboxylic acids is 2. The molecule has 0 unspecified atom stereocenters. The van der Waals surface area contributed by atoms with Crippen LogP contribution in [0.15, 0.2) is 59.2 Å². The summed E-state index contributed by atoms with van der Waals surface area (Å²) in [6.07, 6.45) is 2.39. The smallest absolute Gasteiger partial charge is 0.283 e. The average molecular weight is 484 g/mol. The summed E-state index contributed by atoms with van der Waals surface area (Å²) in [5.41, 5.74) is 2.77. The van der Waals surface area contributed by atoms with E-state index in [1.54, 1.807) is 17.0 Å². The molecule has 2 aliphatic heterocycles. The van der Waals surface area contributed by atoms with Crippen molar-refractivity contribution in [3.05, 3.63) is 70.4 Å². The second-order valence-corrected chi connectivity index (χ2v) is 9.44. The van der Waals surface area contributed by atoms with Gasteiger partial charge in [0.15, 0.2) is 5.17 Å². The largest absolute Gasteiger partial charge is 0.378 e. The van der Waals surface area contributed by atoms with Crippen molar-refractivity contribution >= 4 is 52.1 Å². The number of ether oxygens (including phenoxy) is 1. The van der Waals surface area contributed by atoms with E-state index < -0.39 is 0 Å². The fourth-order valence-corrected chi connectivity index (χ4v) is 4.94. The van der Waals surface area contributed by atoms with E-state index in [4.69, 9.17) is 16.3 Å². The van der Waals surface area contributed by atoms with Gasteiger partial charge < -0.3 is 9.64 Å². The Bertz CT molecular complexity index is 1100. The van der Waals surface area contributed by atoms with Gasteiger partial charge in [-0.05, 0) is 42.7 Å². The van der Waals surface area contributed by atoms with Crippen molar-refractivity contribution in [2.75, 3.05) is 31.2 Å². The number of anilines is 1. The number of benzene rings is 2. The second kappa shape index (κ2) is 10.5. The van der Waals surface area contributed by atoms with E-state index in [2.05, 4.69) is 4.99 Å². The van der Waals surface area contributed by atoms with Crippen LogP contribution in [0, 0.1) is 6.92 Å². The van der Waals surface area contributed by atoms with Crippen molar-refractivity contribution in [1.29, 1.82) is 0 Å². The number of amides is 2. The first-order valence-corrected chi connectivity index (χ1v) is 12.2. The van der Waals surface area contributed by atoms with E-state index in [-0.39, 0.29) is 17.1 Å². The van der Waals surface area contributed by atoms with E-state index in [1.165, 1.54) is 11.8 Å². The van der Waals surface area contributed by atoms with Crippen LogP contribution in [-0.2, 0) is 14.3 Å². The molecule has 0 spiro atoms. The number of hydrogen-bond acceptors (Lipinski definition) is 5. The van der Waals surface area contributed by atoms with Gasteiger partial charge in [-0.15, -0.1) is 0 Å². The summed E-state index contributed by atoms with van der Waals surface area (Å²) in [6.45, 7) is 6.14. The van der Waals surface area contributed by atoms with Crippen molar-refractivity contribution in [2.45, 2.75) is 25.5 Å². The predicted molar refractivity (Wildman–Crippen MR) is 135 cm³/mol. The topological polar surface area (TPSA) is 62.2 Å². The molecule has 0 aromatic heterocycles. The van der Waals surface area contributed by atoms with Crippen LogP contribution in [0.25, 0.3) is 6.08 Å². The molecule has 2 amide bonds. The van der Waals surface area contributed by atoms with Crippen LogP contribution in [-0.4, -0.2) is 53.4 Å². The molecule has 1 fully saturated rings. The van der Waals surface area contributed by atoms with Crippen molar-refractivity contribution < 1.29 is 14.3 Å². The Balaban J connectivity index is 1.67. The molecule has 33 heavy (non-hydrogen) atoms. The van der Waals surface area contributed by atoms with Crippen LogP contribution < -0.4 is 4.90 Å². The number of nitrogens with zero attached hydrogens (tertiary/aromatic N) is 3. The number of amidine groups is 1. The summed E-state index contributed by atoms with van der Waals surface area (Å²) in [5, 5.41) is 0.700. The number of aliphatic imine (C=N–C) groups is 1. The third-order valence-electron chi connectivity index (χ3n) is 5.56. The lowest BCUT2D eigenvalue weighted by molar-refractivity contribution is -0.134. The molecule has 0 saturated carbocycles. The molecule has 0 N–H and O–H groups in total. The zero-order valence-electron chi connectivity index (χ0n) is 18.7.